The standard InChI is InChI=1S/C13H9ClF3NO2/c1-2-20-12(19)9-5-7-3-4-8(14)6-10(7)18-11(9)13(15,16)17/h3-6H,2H2,1H3. The number of hydrogen-bond donors (Lipinski definition) is 0. The maximum Gasteiger partial charge on any atom is 0.434 e. The molecule has 0 atom stereocenters. The fourth-order valence-electron chi connectivity index (χ4n) is 1.72. The molecule has 0 aliphatic carbocycles. The topological polar surface area (TPSA) is 39.2 Å². The summed E-state index contributed by atoms with van der Waals surface area (Å²) < 4.78 is 43.6. The van der Waals surface area contributed by atoms with Crippen molar-refractivity contribution in [2.45, 2.75) is 13.1 Å². The first kappa shape index (κ1) is 14.6. The number of hydrogen-bond acceptors (Lipinski definition) is 3. The summed E-state index contributed by atoms with van der Waals surface area (Å²) in [5.41, 5.74) is -1.81. The van der Waals surface area contributed by atoms with Crippen molar-refractivity contribution in [3.63, 3.8) is 0 Å². The monoisotopic (exact) mass is 303 g/mol. The van der Waals surface area contributed by atoms with Gasteiger partial charge in [0.05, 0.1) is 17.7 Å². The molecule has 0 spiro atoms. The quantitative estimate of drug-likeness (QED) is 0.785. The summed E-state index contributed by atoms with van der Waals surface area (Å²) in [6.45, 7) is 1.49. The maximum absolute atomic E-state index is 13.0. The lowest BCUT2D eigenvalue weighted by atomic mass is 10.1. The molecule has 0 aliphatic heterocycles. The Morgan fingerprint density at radius 3 is 2.65 bits per heavy atom. The zero-order valence-electron chi connectivity index (χ0n) is 10.3. The summed E-state index contributed by atoms with van der Waals surface area (Å²) in [6, 6.07) is 5.42. The average molecular weight is 304 g/mol. The van der Waals surface area contributed by atoms with Gasteiger partial charge in [-0.25, -0.2) is 9.78 Å². The molecular weight excluding hydrogens is 295 g/mol. The molecular formula is C13H9ClF3NO2. The molecule has 106 valence electrons. The number of rotatable bonds is 2. The molecule has 7 heteroatoms. The Hall–Kier alpha value is -1.82. The largest absolute Gasteiger partial charge is 0.462 e. The van der Waals surface area contributed by atoms with Crippen LogP contribution < -0.4 is 0 Å². The van der Waals surface area contributed by atoms with Crippen molar-refractivity contribution in [3.05, 3.63) is 40.5 Å². The van der Waals surface area contributed by atoms with Crippen molar-refractivity contribution in [2.75, 3.05) is 6.61 Å². The Morgan fingerprint density at radius 2 is 2.05 bits per heavy atom. The maximum atomic E-state index is 13.0. The average Bonchev–Trinajstić information content (AvgIpc) is 2.36. The van der Waals surface area contributed by atoms with Gasteiger partial charge in [-0.1, -0.05) is 17.7 Å². The number of aromatic nitrogens is 1. The molecule has 20 heavy (non-hydrogen) atoms. The van der Waals surface area contributed by atoms with Crippen LogP contribution >= 0.6 is 11.6 Å². The van der Waals surface area contributed by atoms with Crippen molar-refractivity contribution < 1.29 is 22.7 Å². The van der Waals surface area contributed by atoms with Gasteiger partial charge < -0.3 is 4.74 Å². The lowest BCUT2D eigenvalue weighted by Gasteiger charge is -2.12. The number of alkyl halides is 3. The van der Waals surface area contributed by atoms with Crippen molar-refractivity contribution in [1.82, 2.24) is 4.98 Å². The van der Waals surface area contributed by atoms with E-state index in [0.29, 0.717) is 5.39 Å². The van der Waals surface area contributed by atoms with E-state index >= 15 is 0 Å². The van der Waals surface area contributed by atoms with Crippen LogP contribution in [0, 0.1) is 0 Å². The van der Waals surface area contributed by atoms with Gasteiger partial charge >= 0.3 is 12.1 Å². The Kier molecular flexibility index (Phi) is 3.85. The molecule has 0 saturated heterocycles. The van der Waals surface area contributed by atoms with Crippen molar-refractivity contribution in [3.8, 4) is 0 Å². The third kappa shape index (κ3) is 2.85. The second-order valence-electron chi connectivity index (χ2n) is 3.94. The minimum atomic E-state index is -4.75. The lowest BCUT2D eigenvalue weighted by Crippen LogP contribution is -2.17. The number of esters is 1. The molecule has 2 rings (SSSR count). The van der Waals surface area contributed by atoms with Crippen molar-refractivity contribution >= 4 is 28.5 Å². The van der Waals surface area contributed by atoms with Gasteiger partial charge in [-0.05, 0) is 25.1 Å². The number of carbonyl (C=O) groups is 1. The SMILES string of the molecule is CCOC(=O)c1cc2ccc(Cl)cc2nc1C(F)(F)F. The highest BCUT2D eigenvalue weighted by Crippen LogP contribution is 2.33. The van der Waals surface area contributed by atoms with Crippen LogP contribution in [0.1, 0.15) is 23.0 Å². The fourth-order valence-corrected chi connectivity index (χ4v) is 1.89. The molecule has 2 aromatic rings. The van der Waals surface area contributed by atoms with Crippen LogP contribution in [-0.2, 0) is 10.9 Å². The second-order valence-corrected chi connectivity index (χ2v) is 4.38. The fraction of sp³-hybridized carbons (Fsp3) is 0.231. The summed E-state index contributed by atoms with van der Waals surface area (Å²) >= 11 is 5.72. The van der Waals surface area contributed by atoms with Crippen LogP contribution in [-0.4, -0.2) is 17.6 Å². The van der Waals surface area contributed by atoms with E-state index in [9.17, 15) is 18.0 Å². The van der Waals surface area contributed by atoms with Crippen molar-refractivity contribution in [1.29, 1.82) is 0 Å². The molecule has 0 aliphatic rings. The summed E-state index contributed by atoms with van der Waals surface area (Å²) in [7, 11) is 0. The summed E-state index contributed by atoms with van der Waals surface area (Å²) in [5.74, 6) is -1.05. The Morgan fingerprint density at radius 1 is 1.35 bits per heavy atom. The number of pyridine rings is 1. The summed E-state index contributed by atoms with van der Waals surface area (Å²) in [6.07, 6.45) is -4.75. The van der Waals surface area contributed by atoms with Crippen LogP contribution in [0.5, 0.6) is 0 Å². The zero-order valence-corrected chi connectivity index (χ0v) is 11.0. The molecule has 3 nitrogen and oxygen atoms in total. The van der Waals surface area contributed by atoms with E-state index in [1.165, 1.54) is 25.1 Å². The van der Waals surface area contributed by atoms with E-state index < -0.39 is 23.4 Å². The summed E-state index contributed by atoms with van der Waals surface area (Å²) in [4.78, 5) is 15.1. The smallest absolute Gasteiger partial charge is 0.434 e. The molecule has 0 radical (unpaired) electrons. The minimum absolute atomic E-state index is 0.0191. The Balaban J connectivity index is 2.70. The highest BCUT2D eigenvalue weighted by molar-refractivity contribution is 6.31. The van der Waals surface area contributed by atoms with E-state index in [2.05, 4.69) is 9.72 Å². The van der Waals surface area contributed by atoms with E-state index in [1.807, 2.05) is 0 Å². The second kappa shape index (κ2) is 5.28. The van der Waals surface area contributed by atoms with E-state index in [0.717, 1.165) is 6.07 Å². The highest BCUT2D eigenvalue weighted by atomic mass is 35.5. The molecule has 0 amide bonds. The number of ether oxygens (including phenoxy) is 1. The van der Waals surface area contributed by atoms with Gasteiger partial charge in [0.15, 0.2) is 5.69 Å². The molecule has 0 bridgehead atoms. The minimum Gasteiger partial charge on any atom is -0.462 e. The molecule has 0 unspecified atom stereocenters. The third-order valence-corrected chi connectivity index (χ3v) is 2.78. The third-order valence-electron chi connectivity index (χ3n) is 2.54. The number of halogens is 4. The van der Waals surface area contributed by atoms with Gasteiger partial charge in [0.2, 0.25) is 0 Å². The molecule has 1 aromatic heterocycles. The van der Waals surface area contributed by atoms with Gasteiger partial charge in [-0.15, -0.1) is 0 Å². The van der Waals surface area contributed by atoms with Crippen LogP contribution in [0.3, 0.4) is 0 Å². The van der Waals surface area contributed by atoms with E-state index in [1.54, 1.807) is 0 Å². The van der Waals surface area contributed by atoms with Gasteiger partial charge in [0, 0.05) is 10.4 Å². The van der Waals surface area contributed by atoms with Crippen LogP contribution in [0.15, 0.2) is 24.3 Å². The number of fused-ring (bicyclic) bond motifs is 1. The van der Waals surface area contributed by atoms with E-state index in [4.69, 9.17) is 11.6 Å². The zero-order chi connectivity index (χ0) is 14.9. The predicted octanol–water partition coefficient (Wildman–Crippen LogP) is 4.08. The first-order chi connectivity index (χ1) is 9.32. The molecule has 1 heterocycles. The van der Waals surface area contributed by atoms with Gasteiger partial charge in [0.25, 0.3) is 0 Å². The molecule has 0 fully saturated rings. The van der Waals surface area contributed by atoms with Crippen LogP contribution in [0.25, 0.3) is 10.9 Å². The Bertz CT molecular complexity index is 670. The highest BCUT2D eigenvalue weighted by Gasteiger charge is 2.38. The number of benzene rings is 1. The molecule has 1 aromatic carbocycles. The van der Waals surface area contributed by atoms with Crippen LogP contribution in [0.4, 0.5) is 13.2 Å². The number of nitrogens with zero attached hydrogens (tertiary/aromatic N) is 1. The first-order valence-electron chi connectivity index (χ1n) is 5.67. The Labute approximate surface area is 117 Å². The summed E-state index contributed by atoms with van der Waals surface area (Å²) in [5, 5.41) is 0.646. The number of carbonyl (C=O) groups excluding carboxylic acids is 1. The van der Waals surface area contributed by atoms with E-state index in [-0.39, 0.29) is 17.1 Å². The van der Waals surface area contributed by atoms with Crippen LogP contribution in [0.2, 0.25) is 5.02 Å². The first-order valence-corrected chi connectivity index (χ1v) is 6.05. The lowest BCUT2D eigenvalue weighted by molar-refractivity contribution is -0.141. The van der Waals surface area contributed by atoms with Gasteiger partial charge in [-0.2, -0.15) is 13.2 Å². The van der Waals surface area contributed by atoms with Gasteiger partial charge in [-0.3, -0.25) is 0 Å². The molecule has 0 saturated carbocycles. The van der Waals surface area contributed by atoms with Gasteiger partial charge in [0.1, 0.15) is 0 Å². The predicted molar refractivity (Wildman–Crippen MR) is 67.7 cm³/mol. The normalized spacial score (nSPS) is 11.7. The molecule has 0 N–H and O–H groups in total. The van der Waals surface area contributed by atoms with Crippen molar-refractivity contribution in [2.24, 2.45) is 0 Å².